The van der Waals surface area contributed by atoms with Crippen LogP contribution in [0.5, 0.6) is 0 Å². The van der Waals surface area contributed by atoms with Crippen LogP contribution >= 0.6 is 0 Å². The maximum absolute atomic E-state index is 12.2. The van der Waals surface area contributed by atoms with Crippen molar-refractivity contribution in [2.24, 2.45) is 5.41 Å². The number of nitrogens with zero attached hydrogens (tertiary/aromatic N) is 3. The molecule has 0 aliphatic carbocycles. The molecule has 0 fully saturated rings. The Morgan fingerprint density at radius 2 is 1.87 bits per heavy atom. The fourth-order valence-corrected chi connectivity index (χ4v) is 2.27. The zero-order valence-corrected chi connectivity index (χ0v) is 13.2. The lowest BCUT2D eigenvalue weighted by Gasteiger charge is -2.26. The summed E-state index contributed by atoms with van der Waals surface area (Å²) in [5.74, 6) is -1.34. The molecule has 0 atom stereocenters. The summed E-state index contributed by atoms with van der Waals surface area (Å²) in [6, 6.07) is 9.22. The summed E-state index contributed by atoms with van der Waals surface area (Å²) in [5, 5.41) is 20.2. The second-order valence-corrected chi connectivity index (χ2v) is 5.33. The lowest BCUT2D eigenvalue weighted by Crippen LogP contribution is -2.42. The van der Waals surface area contributed by atoms with E-state index in [4.69, 9.17) is 0 Å². The van der Waals surface area contributed by atoms with Crippen molar-refractivity contribution in [3.05, 3.63) is 42.2 Å². The van der Waals surface area contributed by atoms with Crippen molar-refractivity contribution in [3.8, 4) is 5.69 Å². The fraction of sp³-hybridized carbons (Fsp3) is 0.375. The average Bonchev–Trinajstić information content (AvgIpc) is 3.06. The van der Waals surface area contributed by atoms with E-state index in [1.54, 1.807) is 13.8 Å². The van der Waals surface area contributed by atoms with Crippen LogP contribution in [0.15, 0.2) is 36.5 Å². The third-order valence-corrected chi connectivity index (χ3v) is 4.11. The van der Waals surface area contributed by atoms with Crippen molar-refractivity contribution < 1.29 is 14.7 Å². The number of carboxylic acids is 1. The molecule has 7 nitrogen and oxygen atoms in total. The van der Waals surface area contributed by atoms with Crippen LogP contribution in [0.3, 0.4) is 0 Å². The van der Waals surface area contributed by atoms with Gasteiger partial charge in [-0.3, -0.25) is 9.59 Å². The molecule has 2 rings (SSSR count). The van der Waals surface area contributed by atoms with Crippen molar-refractivity contribution in [1.82, 2.24) is 20.3 Å². The predicted octanol–water partition coefficient (Wildman–Crippen LogP) is 1.89. The highest BCUT2D eigenvalue weighted by atomic mass is 16.4. The number of aromatic nitrogens is 3. The van der Waals surface area contributed by atoms with Gasteiger partial charge >= 0.3 is 5.97 Å². The predicted molar refractivity (Wildman–Crippen MR) is 84.3 cm³/mol. The van der Waals surface area contributed by atoms with Gasteiger partial charge in [-0.15, -0.1) is 5.10 Å². The summed E-state index contributed by atoms with van der Waals surface area (Å²) in [6.45, 7) is 3.66. The first-order chi connectivity index (χ1) is 11.0. The maximum atomic E-state index is 12.2. The summed E-state index contributed by atoms with van der Waals surface area (Å²) in [5.41, 5.74) is -0.0562. The number of nitrogens with one attached hydrogen (secondary N) is 1. The molecule has 0 spiro atoms. The summed E-state index contributed by atoms with van der Waals surface area (Å²) in [7, 11) is 0. The molecular formula is C16H20N4O3. The summed E-state index contributed by atoms with van der Waals surface area (Å²) in [6.07, 6.45) is 2.24. The molecule has 0 saturated carbocycles. The van der Waals surface area contributed by atoms with E-state index < -0.39 is 17.3 Å². The number of carbonyl (C=O) groups is 2. The lowest BCUT2D eigenvalue weighted by molar-refractivity contribution is -0.149. The highest BCUT2D eigenvalue weighted by Crippen LogP contribution is 2.25. The van der Waals surface area contributed by atoms with E-state index in [-0.39, 0.29) is 12.2 Å². The van der Waals surface area contributed by atoms with Gasteiger partial charge in [0.15, 0.2) is 5.69 Å². The molecule has 0 unspecified atom stereocenters. The van der Waals surface area contributed by atoms with E-state index in [1.807, 2.05) is 30.3 Å². The smallest absolute Gasteiger partial charge is 0.311 e. The van der Waals surface area contributed by atoms with Gasteiger partial charge in [0, 0.05) is 6.54 Å². The SMILES string of the molecule is CCC(CC)(CNC(=O)c1cnn(-c2ccccc2)n1)C(=O)O. The van der Waals surface area contributed by atoms with Crippen LogP contribution in [0, 0.1) is 5.41 Å². The normalized spacial score (nSPS) is 11.2. The molecule has 0 aliphatic heterocycles. The molecule has 0 saturated heterocycles. The Hall–Kier alpha value is -2.70. The van der Waals surface area contributed by atoms with E-state index in [0.29, 0.717) is 12.8 Å². The fourth-order valence-electron chi connectivity index (χ4n) is 2.27. The molecule has 0 aliphatic rings. The number of aliphatic carboxylic acids is 1. The minimum atomic E-state index is -0.953. The van der Waals surface area contributed by atoms with Gasteiger partial charge in [-0.2, -0.15) is 9.90 Å². The van der Waals surface area contributed by atoms with Crippen LogP contribution in [-0.2, 0) is 4.79 Å². The van der Waals surface area contributed by atoms with Gasteiger partial charge in [0.25, 0.3) is 5.91 Å². The van der Waals surface area contributed by atoms with Gasteiger partial charge in [-0.1, -0.05) is 32.0 Å². The number of hydrogen-bond donors (Lipinski definition) is 2. The Morgan fingerprint density at radius 3 is 2.43 bits per heavy atom. The van der Waals surface area contributed by atoms with Gasteiger partial charge in [0.1, 0.15) is 0 Å². The highest BCUT2D eigenvalue weighted by molar-refractivity contribution is 5.92. The number of rotatable bonds is 7. The molecule has 2 aromatic rings. The monoisotopic (exact) mass is 316 g/mol. The summed E-state index contributed by atoms with van der Waals surface area (Å²) < 4.78 is 0. The van der Waals surface area contributed by atoms with E-state index in [2.05, 4.69) is 15.5 Å². The first kappa shape index (κ1) is 16.7. The van der Waals surface area contributed by atoms with Crippen LogP contribution in [0.25, 0.3) is 5.69 Å². The molecule has 122 valence electrons. The molecule has 23 heavy (non-hydrogen) atoms. The van der Waals surface area contributed by atoms with Gasteiger partial charge in [-0.25, -0.2) is 0 Å². The number of carbonyl (C=O) groups excluding carboxylic acids is 1. The molecule has 1 amide bonds. The first-order valence-corrected chi connectivity index (χ1v) is 7.52. The molecule has 1 heterocycles. The second kappa shape index (κ2) is 7.04. The minimum absolute atomic E-state index is 0.0619. The van der Waals surface area contributed by atoms with Crippen LogP contribution in [-0.4, -0.2) is 38.5 Å². The third kappa shape index (κ3) is 3.56. The zero-order chi connectivity index (χ0) is 16.9. The van der Waals surface area contributed by atoms with Crippen molar-refractivity contribution in [2.75, 3.05) is 6.54 Å². The van der Waals surface area contributed by atoms with E-state index in [0.717, 1.165) is 5.69 Å². The van der Waals surface area contributed by atoms with Crippen molar-refractivity contribution in [3.63, 3.8) is 0 Å². The number of amides is 1. The van der Waals surface area contributed by atoms with Gasteiger partial charge in [0.2, 0.25) is 0 Å². The van der Waals surface area contributed by atoms with E-state index >= 15 is 0 Å². The molecule has 7 heteroatoms. The van der Waals surface area contributed by atoms with Crippen LogP contribution < -0.4 is 5.32 Å². The zero-order valence-electron chi connectivity index (χ0n) is 13.2. The lowest BCUT2D eigenvalue weighted by atomic mass is 9.82. The van der Waals surface area contributed by atoms with Crippen LogP contribution in [0.2, 0.25) is 0 Å². The minimum Gasteiger partial charge on any atom is -0.481 e. The maximum Gasteiger partial charge on any atom is 0.311 e. The number of benzene rings is 1. The van der Waals surface area contributed by atoms with Gasteiger partial charge < -0.3 is 10.4 Å². The Balaban J connectivity index is 2.07. The van der Waals surface area contributed by atoms with Crippen LogP contribution in [0.4, 0.5) is 0 Å². The largest absolute Gasteiger partial charge is 0.481 e. The first-order valence-electron chi connectivity index (χ1n) is 7.52. The Labute approximate surface area is 134 Å². The number of para-hydroxylation sites is 1. The number of carboxylic acid groups (broad SMARTS) is 1. The molecule has 0 radical (unpaired) electrons. The molecule has 1 aromatic heterocycles. The topological polar surface area (TPSA) is 97.1 Å². The Morgan fingerprint density at radius 1 is 1.22 bits per heavy atom. The van der Waals surface area contributed by atoms with Gasteiger partial charge in [0.05, 0.1) is 17.3 Å². The number of hydrogen-bond acceptors (Lipinski definition) is 4. The van der Waals surface area contributed by atoms with Crippen molar-refractivity contribution in [2.45, 2.75) is 26.7 Å². The standard InChI is InChI=1S/C16H20N4O3/c1-3-16(4-2,15(22)23)11-17-14(21)13-10-18-20(19-13)12-8-6-5-7-9-12/h5-10H,3-4,11H2,1-2H3,(H,17,21)(H,22,23). The highest BCUT2D eigenvalue weighted by Gasteiger charge is 2.35. The molecule has 2 N–H and O–H groups in total. The average molecular weight is 316 g/mol. The van der Waals surface area contributed by atoms with E-state index in [1.165, 1.54) is 11.0 Å². The van der Waals surface area contributed by atoms with Crippen molar-refractivity contribution in [1.29, 1.82) is 0 Å². The second-order valence-electron chi connectivity index (χ2n) is 5.33. The van der Waals surface area contributed by atoms with E-state index in [9.17, 15) is 14.7 Å². The third-order valence-electron chi connectivity index (χ3n) is 4.11. The Bertz CT molecular complexity index is 678. The van der Waals surface area contributed by atoms with Gasteiger partial charge in [-0.05, 0) is 25.0 Å². The van der Waals surface area contributed by atoms with Crippen molar-refractivity contribution >= 4 is 11.9 Å². The Kier molecular flexibility index (Phi) is 5.10. The molecule has 0 bridgehead atoms. The molecule has 1 aromatic carbocycles. The molecular weight excluding hydrogens is 296 g/mol. The summed E-state index contributed by atoms with van der Waals surface area (Å²) in [4.78, 5) is 25.0. The quantitative estimate of drug-likeness (QED) is 0.813. The van der Waals surface area contributed by atoms with Crippen LogP contribution in [0.1, 0.15) is 37.2 Å². The summed E-state index contributed by atoms with van der Waals surface area (Å²) >= 11 is 0.